The van der Waals surface area contributed by atoms with Crippen LogP contribution in [0.15, 0.2) is 0 Å². The van der Waals surface area contributed by atoms with Gasteiger partial charge in [-0.1, -0.05) is 0 Å². The summed E-state index contributed by atoms with van der Waals surface area (Å²) in [6.45, 7) is 8.55. The van der Waals surface area contributed by atoms with Crippen LogP contribution in [0, 0.1) is 5.92 Å². The van der Waals surface area contributed by atoms with Crippen LogP contribution >= 0.6 is 0 Å². The van der Waals surface area contributed by atoms with Crippen molar-refractivity contribution in [2.24, 2.45) is 5.92 Å². The lowest BCUT2D eigenvalue weighted by Crippen LogP contribution is -2.52. The van der Waals surface area contributed by atoms with Gasteiger partial charge >= 0.3 is 6.09 Å². The van der Waals surface area contributed by atoms with Gasteiger partial charge in [-0.15, -0.1) is 0 Å². The van der Waals surface area contributed by atoms with Crippen LogP contribution in [0.4, 0.5) is 4.79 Å². The van der Waals surface area contributed by atoms with Crippen molar-refractivity contribution >= 4 is 6.09 Å². The first-order valence-corrected chi connectivity index (χ1v) is 5.62. The van der Waals surface area contributed by atoms with Crippen LogP contribution in [-0.2, 0) is 4.74 Å². The van der Waals surface area contributed by atoms with Crippen molar-refractivity contribution in [3.63, 3.8) is 0 Å². The highest BCUT2D eigenvalue weighted by molar-refractivity contribution is 5.73. The van der Waals surface area contributed by atoms with Crippen molar-refractivity contribution in [3.8, 4) is 0 Å². The number of hydrogen-bond acceptors (Lipinski definition) is 3. The van der Waals surface area contributed by atoms with Crippen molar-refractivity contribution in [3.05, 3.63) is 0 Å². The van der Waals surface area contributed by atoms with E-state index < -0.39 is 0 Å². The van der Waals surface area contributed by atoms with Crippen molar-refractivity contribution in [2.75, 3.05) is 0 Å². The minimum atomic E-state index is -0.310. The van der Waals surface area contributed by atoms with Crippen LogP contribution in [0.2, 0.25) is 0 Å². The number of nitrogens with one attached hydrogen (secondary N) is 1. The summed E-state index contributed by atoms with van der Waals surface area (Å²) in [4.78, 5) is 11.8. The van der Waals surface area contributed by atoms with Crippen molar-refractivity contribution in [1.82, 2.24) is 10.4 Å². The molecule has 2 saturated heterocycles. The first kappa shape index (κ1) is 9.46. The maximum Gasteiger partial charge on any atom is 0.425 e. The van der Waals surface area contributed by atoms with Gasteiger partial charge in [0, 0.05) is 11.5 Å². The smallest absolute Gasteiger partial charge is 0.425 e. The molecular weight excluding hydrogens is 192 g/mol. The van der Waals surface area contributed by atoms with Crippen LogP contribution in [-0.4, -0.2) is 27.8 Å². The largest absolute Gasteiger partial charge is 0.440 e. The number of hydrogen-bond donors (Lipinski definition) is 1. The Bertz CT molecular complexity index is 354. The van der Waals surface area contributed by atoms with Crippen LogP contribution in [0.1, 0.15) is 40.5 Å². The van der Waals surface area contributed by atoms with Crippen LogP contribution in [0.3, 0.4) is 0 Å². The molecule has 1 aliphatic carbocycles. The molecule has 2 aliphatic heterocycles. The van der Waals surface area contributed by atoms with E-state index in [9.17, 15) is 4.79 Å². The zero-order valence-electron chi connectivity index (χ0n) is 9.76. The number of carbonyl (C=O) groups is 1. The van der Waals surface area contributed by atoms with Crippen molar-refractivity contribution in [1.29, 1.82) is 0 Å². The van der Waals surface area contributed by atoms with Gasteiger partial charge in [-0.2, -0.15) is 0 Å². The standard InChI is InChI=1S/C11H18N2O2/c1-9(2)7-5-6-10(3)11(7,4)13(12-9)8(14)15-10/h7,12H,5-6H2,1-4H3. The topological polar surface area (TPSA) is 41.6 Å². The molecule has 2 heterocycles. The number of carbonyl (C=O) groups excluding carboxylic acids is 1. The fraction of sp³-hybridized carbons (Fsp3) is 0.909. The second-order valence-corrected chi connectivity index (χ2v) is 6.01. The predicted molar refractivity (Wildman–Crippen MR) is 55.1 cm³/mol. The quantitative estimate of drug-likeness (QED) is 0.661. The molecule has 1 N–H and O–H groups in total. The Balaban J connectivity index is 2.16. The average Bonchev–Trinajstić information content (AvgIpc) is 2.54. The maximum absolute atomic E-state index is 11.8. The number of ether oxygens (including phenoxy) is 1. The number of amides is 1. The molecular formula is C11H18N2O2. The molecule has 1 saturated carbocycles. The van der Waals surface area contributed by atoms with Gasteiger partial charge in [0.2, 0.25) is 0 Å². The molecule has 0 spiro atoms. The number of rotatable bonds is 0. The number of nitrogens with zero attached hydrogens (tertiary/aromatic N) is 1. The lowest BCUT2D eigenvalue weighted by Gasteiger charge is -2.34. The van der Waals surface area contributed by atoms with E-state index in [0.717, 1.165) is 12.8 Å². The molecule has 84 valence electrons. The van der Waals surface area contributed by atoms with Gasteiger partial charge in [0.1, 0.15) is 11.1 Å². The molecule has 0 aromatic heterocycles. The van der Waals surface area contributed by atoms with Gasteiger partial charge in [-0.25, -0.2) is 15.2 Å². The highest BCUT2D eigenvalue weighted by Crippen LogP contribution is 2.59. The molecule has 3 unspecified atom stereocenters. The summed E-state index contributed by atoms with van der Waals surface area (Å²) in [7, 11) is 0. The highest BCUT2D eigenvalue weighted by atomic mass is 16.6. The summed E-state index contributed by atoms with van der Waals surface area (Å²) < 4.78 is 5.53. The average molecular weight is 210 g/mol. The summed E-state index contributed by atoms with van der Waals surface area (Å²) in [5, 5.41) is 1.73. The Kier molecular flexibility index (Phi) is 1.37. The summed E-state index contributed by atoms with van der Waals surface area (Å²) in [5.41, 5.74) is 2.81. The molecule has 3 rings (SSSR count). The van der Waals surface area contributed by atoms with Gasteiger partial charge in [0.25, 0.3) is 0 Å². The fourth-order valence-corrected chi connectivity index (χ4v) is 3.89. The molecule has 3 atom stereocenters. The van der Waals surface area contributed by atoms with Crippen molar-refractivity contribution < 1.29 is 9.53 Å². The highest BCUT2D eigenvalue weighted by Gasteiger charge is 2.73. The van der Waals surface area contributed by atoms with Gasteiger partial charge in [-0.3, -0.25) is 0 Å². The van der Waals surface area contributed by atoms with Crippen molar-refractivity contribution in [2.45, 2.75) is 57.2 Å². The van der Waals surface area contributed by atoms with E-state index in [1.807, 2.05) is 0 Å². The van der Waals surface area contributed by atoms with E-state index in [2.05, 4.69) is 33.1 Å². The SMILES string of the molecule is CC1(C)NN2C(=O)OC3(C)CCC1C23C. The molecule has 15 heavy (non-hydrogen) atoms. The molecule has 3 fully saturated rings. The summed E-state index contributed by atoms with van der Waals surface area (Å²) in [5.74, 6) is 0.474. The maximum atomic E-state index is 11.8. The van der Waals surface area contributed by atoms with Gasteiger partial charge in [0.15, 0.2) is 0 Å². The van der Waals surface area contributed by atoms with Gasteiger partial charge in [-0.05, 0) is 40.5 Å². The molecule has 0 aromatic carbocycles. The third-order valence-electron chi connectivity index (χ3n) is 4.89. The Labute approximate surface area is 89.9 Å². The summed E-state index contributed by atoms with van der Waals surface area (Å²) in [6.07, 6.45) is 1.88. The first-order chi connectivity index (χ1) is 6.81. The Morgan fingerprint density at radius 3 is 2.73 bits per heavy atom. The third-order valence-corrected chi connectivity index (χ3v) is 4.89. The van der Waals surface area contributed by atoms with Crippen LogP contribution in [0.5, 0.6) is 0 Å². The lowest BCUT2D eigenvalue weighted by molar-refractivity contribution is 0.0267. The molecule has 0 bridgehead atoms. The lowest BCUT2D eigenvalue weighted by atomic mass is 9.74. The molecule has 4 nitrogen and oxygen atoms in total. The summed E-state index contributed by atoms with van der Waals surface area (Å²) in [6, 6.07) is 0. The first-order valence-electron chi connectivity index (χ1n) is 5.62. The second kappa shape index (κ2) is 2.17. The zero-order chi connectivity index (χ0) is 11.1. The van der Waals surface area contributed by atoms with E-state index in [1.54, 1.807) is 5.01 Å². The van der Waals surface area contributed by atoms with Gasteiger partial charge in [0.05, 0.1) is 0 Å². The van der Waals surface area contributed by atoms with Crippen LogP contribution in [0.25, 0.3) is 0 Å². The van der Waals surface area contributed by atoms with Crippen LogP contribution < -0.4 is 5.43 Å². The minimum Gasteiger partial charge on any atom is -0.440 e. The predicted octanol–water partition coefficient (Wildman–Crippen LogP) is 1.66. The molecule has 1 amide bonds. The normalized spacial score (nSPS) is 50.8. The van der Waals surface area contributed by atoms with E-state index in [4.69, 9.17) is 4.74 Å². The Hall–Kier alpha value is -0.770. The minimum absolute atomic E-state index is 0.00799. The monoisotopic (exact) mass is 210 g/mol. The third kappa shape index (κ3) is 0.781. The molecule has 3 aliphatic rings. The summed E-state index contributed by atoms with van der Waals surface area (Å²) >= 11 is 0. The van der Waals surface area contributed by atoms with Gasteiger partial charge < -0.3 is 4.74 Å². The Morgan fingerprint density at radius 1 is 1.40 bits per heavy atom. The molecule has 4 heteroatoms. The molecule has 0 aromatic rings. The van der Waals surface area contributed by atoms with E-state index in [1.165, 1.54) is 0 Å². The fourth-order valence-electron chi connectivity index (χ4n) is 3.89. The van der Waals surface area contributed by atoms with E-state index >= 15 is 0 Å². The number of hydrazine groups is 1. The molecule has 0 radical (unpaired) electrons. The zero-order valence-corrected chi connectivity index (χ0v) is 9.76. The second-order valence-electron chi connectivity index (χ2n) is 6.01. The van der Waals surface area contributed by atoms with E-state index in [0.29, 0.717) is 5.92 Å². The van der Waals surface area contributed by atoms with E-state index in [-0.39, 0.29) is 22.8 Å². The Morgan fingerprint density at radius 2 is 2.07 bits per heavy atom.